The van der Waals surface area contributed by atoms with E-state index in [1.165, 1.54) is 31.0 Å². The standard InChI is InChI=1S/C24H27N3O2S/c1-16-12-14-19(15-13-16)27-23(29)20-10-6-7-11-21(20)26-24(27)30-17(2)22(28)25-18-8-4-3-5-9-18/h6-7,10-15,17-18H,3-5,8-9H2,1-2H3,(H,25,28)/t17-/m0/s1. The van der Waals surface area contributed by atoms with E-state index < -0.39 is 0 Å². The number of rotatable bonds is 5. The first-order valence-corrected chi connectivity index (χ1v) is 11.5. The predicted octanol–water partition coefficient (Wildman–Crippen LogP) is 4.62. The van der Waals surface area contributed by atoms with Crippen LogP contribution in [0, 0.1) is 6.92 Å². The number of fused-ring (bicyclic) bond motifs is 1. The Balaban J connectivity index is 1.68. The van der Waals surface area contributed by atoms with E-state index in [0.717, 1.165) is 24.1 Å². The van der Waals surface area contributed by atoms with Crippen LogP contribution in [0.5, 0.6) is 0 Å². The van der Waals surface area contributed by atoms with Gasteiger partial charge in [-0.05, 0) is 51.0 Å². The highest BCUT2D eigenvalue weighted by Crippen LogP contribution is 2.26. The Hall–Kier alpha value is -2.60. The monoisotopic (exact) mass is 421 g/mol. The van der Waals surface area contributed by atoms with Crippen LogP contribution in [0.4, 0.5) is 0 Å². The molecule has 0 bridgehead atoms. The van der Waals surface area contributed by atoms with Crippen molar-refractivity contribution in [1.29, 1.82) is 0 Å². The number of benzene rings is 2. The van der Waals surface area contributed by atoms with E-state index >= 15 is 0 Å². The zero-order valence-electron chi connectivity index (χ0n) is 17.4. The second-order valence-electron chi connectivity index (χ2n) is 7.99. The van der Waals surface area contributed by atoms with Crippen molar-refractivity contribution in [2.45, 2.75) is 62.4 Å². The Morgan fingerprint density at radius 2 is 1.80 bits per heavy atom. The molecule has 2 aromatic carbocycles. The first kappa shape index (κ1) is 20.7. The zero-order valence-corrected chi connectivity index (χ0v) is 18.2. The average molecular weight is 422 g/mol. The molecule has 3 aromatic rings. The number of nitrogens with one attached hydrogen (secondary N) is 1. The molecule has 0 spiro atoms. The third-order valence-corrected chi connectivity index (χ3v) is 6.69. The van der Waals surface area contributed by atoms with Crippen molar-refractivity contribution in [2.75, 3.05) is 0 Å². The first-order chi connectivity index (χ1) is 14.5. The summed E-state index contributed by atoms with van der Waals surface area (Å²) in [4.78, 5) is 30.9. The lowest BCUT2D eigenvalue weighted by molar-refractivity contribution is -0.121. The van der Waals surface area contributed by atoms with Gasteiger partial charge >= 0.3 is 0 Å². The van der Waals surface area contributed by atoms with Gasteiger partial charge in [-0.1, -0.05) is 60.9 Å². The molecule has 30 heavy (non-hydrogen) atoms. The number of hydrogen-bond acceptors (Lipinski definition) is 4. The van der Waals surface area contributed by atoms with Crippen LogP contribution < -0.4 is 10.9 Å². The van der Waals surface area contributed by atoms with Crippen molar-refractivity contribution in [2.24, 2.45) is 0 Å². The summed E-state index contributed by atoms with van der Waals surface area (Å²) in [6, 6.07) is 15.4. The molecule has 1 saturated carbocycles. The summed E-state index contributed by atoms with van der Waals surface area (Å²) in [5, 5.41) is 3.94. The van der Waals surface area contributed by atoms with E-state index in [1.54, 1.807) is 10.6 Å². The molecule has 4 rings (SSSR count). The summed E-state index contributed by atoms with van der Waals surface area (Å²) in [6.07, 6.45) is 5.69. The van der Waals surface area contributed by atoms with Gasteiger partial charge < -0.3 is 5.32 Å². The quantitative estimate of drug-likeness (QED) is 0.482. The van der Waals surface area contributed by atoms with Gasteiger partial charge in [0.1, 0.15) is 0 Å². The van der Waals surface area contributed by atoms with Gasteiger partial charge in [-0.15, -0.1) is 0 Å². The van der Waals surface area contributed by atoms with Crippen molar-refractivity contribution in [3.63, 3.8) is 0 Å². The molecule has 1 N–H and O–H groups in total. The number of para-hydroxylation sites is 1. The van der Waals surface area contributed by atoms with Crippen molar-refractivity contribution < 1.29 is 4.79 Å². The molecule has 1 fully saturated rings. The molecule has 5 nitrogen and oxygen atoms in total. The fraction of sp³-hybridized carbons (Fsp3) is 0.375. The second kappa shape index (κ2) is 9.04. The van der Waals surface area contributed by atoms with E-state index in [0.29, 0.717) is 16.1 Å². The Bertz CT molecular complexity index is 1100. The minimum absolute atomic E-state index is 0.00441. The van der Waals surface area contributed by atoms with E-state index in [1.807, 2.05) is 56.3 Å². The molecule has 0 saturated heterocycles. The van der Waals surface area contributed by atoms with E-state index in [2.05, 4.69) is 5.32 Å². The van der Waals surface area contributed by atoms with Crippen LogP contribution in [0.1, 0.15) is 44.6 Å². The highest BCUT2D eigenvalue weighted by atomic mass is 32.2. The topological polar surface area (TPSA) is 64.0 Å². The van der Waals surface area contributed by atoms with Gasteiger partial charge in [-0.25, -0.2) is 4.98 Å². The molecule has 6 heteroatoms. The molecule has 0 aliphatic heterocycles. The Kier molecular flexibility index (Phi) is 6.23. The fourth-order valence-corrected chi connectivity index (χ4v) is 4.83. The van der Waals surface area contributed by atoms with Gasteiger partial charge in [0.25, 0.3) is 5.56 Å². The van der Waals surface area contributed by atoms with Gasteiger partial charge in [0.2, 0.25) is 5.91 Å². The van der Waals surface area contributed by atoms with Gasteiger partial charge in [0.15, 0.2) is 5.16 Å². The maximum atomic E-state index is 13.3. The number of carbonyl (C=O) groups excluding carboxylic acids is 1. The molecule has 0 unspecified atom stereocenters. The maximum absolute atomic E-state index is 13.3. The zero-order chi connectivity index (χ0) is 21.1. The van der Waals surface area contributed by atoms with Crippen LogP contribution in [-0.2, 0) is 4.79 Å². The molecule has 1 aromatic heterocycles. The molecule has 156 valence electrons. The minimum Gasteiger partial charge on any atom is -0.352 e. The summed E-state index contributed by atoms with van der Waals surface area (Å²) < 4.78 is 1.62. The second-order valence-corrected chi connectivity index (χ2v) is 9.30. The third kappa shape index (κ3) is 4.43. The largest absolute Gasteiger partial charge is 0.352 e. The van der Waals surface area contributed by atoms with Crippen molar-refractivity contribution in [1.82, 2.24) is 14.9 Å². The average Bonchev–Trinajstić information content (AvgIpc) is 2.76. The Morgan fingerprint density at radius 3 is 2.53 bits per heavy atom. The van der Waals surface area contributed by atoms with Gasteiger partial charge in [-0.3, -0.25) is 14.2 Å². The SMILES string of the molecule is Cc1ccc(-n2c(S[C@@H](C)C(=O)NC3CCCCC3)nc3ccccc3c2=O)cc1. The van der Waals surface area contributed by atoms with Crippen molar-refractivity contribution in [3.05, 3.63) is 64.4 Å². The molecule has 1 amide bonds. The summed E-state index contributed by atoms with van der Waals surface area (Å²) in [6.45, 7) is 3.89. The lowest BCUT2D eigenvalue weighted by atomic mass is 9.95. The summed E-state index contributed by atoms with van der Waals surface area (Å²) >= 11 is 1.33. The molecular formula is C24H27N3O2S. The van der Waals surface area contributed by atoms with Gasteiger partial charge in [0.05, 0.1) is 21.8 Å². The maximum Gasteiger partial charge on any atom is 0.266 e. The predicted molar refractivity (Wildman–Crippen MR) is 122 cm³/mol. The number of hydrogen-bond donors (Lipinski definition) is 1. The summed E-state index contributed by atoms with van der Waals surface area (Å²) in [7, 11) is 0. The first-order valence-electron chi connectivity index (χ1n) is 10.6. The van der Waals surface area contributed by atoms with Crippen molar-refractivity contribution >= 4 is 28.6 Å². The smallest absolute Gasteiger partial charge is 0.266 e. The number of carbonyl (C=O) groups is 1. The van der Waals surface area contributed by atoms with E-state index in [-0.39, 0.29) is 22.8 Å². The fourth-order valence-electron chi connectivity index (χ4n) is 3.89. The molecule has 1 aliphatic carbocycles. The normalized spacial score (nSPS) is 15.8. The summed E-state index contributed by atoms with van der Waals surface area (Å²) in [5.74, 6) is 0.00441. The number of nitrogens with zero attached hydrogens (tertiary/aromatic N) is 2. The highest BCUT2D eigenvalue weighted by molar-refractivity contribution is 8.00. The van der Waals surface area contributed by atoms with Crippen LogP contribution in [0.15, 0.2) is 58.5 Å². The number of amides is 1. The van der Waals surface area contributed by atoms with Crippen LogP contribution in [0.25, 0.3) is 16.6 Å². The van der Waals surface area contributed by atoms with E-state index in [4.69, 9.17) is 4.98 Å². The number of thioether (sulfide) groups is 1. The molecule has 1 atom stereocenters. The molecule has 1 aliphatic rings. The lowest BCUT2D eigenvalue weighted by Crippen LogP contribution is -2.40. The van der Waals surface area contributed by atoms with E-state index in [9.17, 15) is 9.59 Å². The molecule has 0 radical (unpaired) electrons. The van der Waals surface area contributed by atoms with Crippen molar-refractivity contribution in [3.8, 4) is 5.69 Å². The molecule has 1 heterocycles. The molecular weight excluding hydrogens is 394 g/mol. The number of aromatic nitrogens is 2. The number of aryl methyl sites for hydroxylation is 1. The van der Waals surface area contributed by atoms with Gasteiger partial charge in [0, 0.05) is 6.04 Å². The Morgan fingerprint density at radius 1 is 1.10 bits per heavy atom. The summed E-state index contributed by atoms with van der Waals surface area (Å²) in [5.41, 5.74) is 2.40. The van der Waals surface area contributed by atoms with Crippen LogP contribution in [0.3, 0.4) is 0 Å². The Labute approximate surface area is 180 Å². The lowest BCUT2D eigenvalue weighted by Gasteiger charge is -2.24. The van der Waals surface area contributed by atoms with Crippen LogP contribution >= 0.6 is 11.8 Å². The van der Waals surface area contributed by atoms with Crippen LogP contribution in [-0.4, -0.2) is 26.8 Å². The minimum atomic E-state index is -0.350. The highest BCUT2D eigenvalue weighted by Gasteiger charge is 2.23. The third-order valence-electron chi connectivity index (χ3n) is 5.64. The van der Waals surface area contributed by atoms with Gasteiger partial charge in [-0.2, -0.15) is 0 Å². The van der Waals surface area contributed by atoms with Crippen LogP contribution in [0.2, 0.25) is 0 Å².